The van der Waals surface area contributed by atoms with E-state index >= 15 is 0 Å². The average Bonchev–Trinajstić information content (AvgIpc) is 3.00. The van der Waals surface area contributed by atoms with Crippen molar-refractivity contribution >= 4 is 5.69 Å². The molecule has 1 aliphatic rings. The summed E-state index contributed by atoms with van der Waals surface area (Å²) in [6.45, 7) is 2.71. The Morgan fingerprint density at radius 3 is 2.65 bits per heavy atom. The Bertz CT molecular complexity index is 536. The van der Waals surface area contributed by atoms with Gasteiger partial charge in [-0.05, 0) is 30.7 Å². The minimum atomic E-state index is 0.497. The van der Waals surface area contributed by atoms with Gasteiger partial charge in [0.25, 0.3) is 0 Å². The number of hydrogen-bond acceptors (Lipinski definition) is 3. The molecule has 3 nitrogen and oxygen atoms in total. The SMILES string of the molecule is c1ccc(COc2ccccc2NC2CCNC2)cc1. The molecule has 2 aromatic carbocycles. The highest BCUT2D eigenvalue weighted by Gasteiger charge is 2.15. The fourth-order valence-electron chi connectivity index (χ4n) is 2.44. The van der Waals surface area contributed by atoms with E-state index in [9.17, 15) is 0 Å². The predicted molar refractivity (Wildman–Crippen MR) is 82.1 cm³/mol. The van der Waals surface area contributed by atoms with Crippen LogP contribution in [0.4, 0.5) is 5.69 Å². The predicted octanol–water partition coefficient (Wildman–Crippen LogP) is 3.04. The van der Waals surface area contributed by atoms with Crippen LogP contribution in [0.5, 0.6) is 5.75 Å². The smallest absolute Gasteiger partial charge is 0.142 e. The van der Waals surface area contributed by atoms with Crippen molar-refractivity contribution in [2.75, 3.05) is 18.4 Å². The molecule has 104 valence electrons. The minimum Gasteiger partial charge on any atom is -0.487 e. The summed E-state index contributed by atoms with van der Waals surface area (Å²) in [6, 6.07) is 18.9. The fraction of sp³-hybridized carbons (Fsp3) is 0.294. The summed E-state index contributed by atoms with van der Waals surface area (Å²) >= 11 is 0. The van der Waals surface area contributed by atoms with Gasteiger partial charge in [0.05, 0.1) is 5.69 Å². The highest BCUT2D eigenvalue weighted by atomic mass is 16.5. The third-order valence-electron chi connectivity index (χ3n) is 3.54. The summed E-state index contributed by atoms with van der Waals surface area (Å²) in [5.74, 6) is 0.920. The maximum absolute atomic E-state index is 5.95. The number of benzene rings is 2. The molecular formula is C17H20N2O. The Labute approximate surface area is 120 Å². The van der Waals surface area contributed by atoms with Crippen LogP contribution in [0.25, 0.3) is 0 Å². The van der Waals surface area contributed by atoms with Gasteiger partial charge in [0.1, 0.15) is 12.4 Å². The third-order valence-corrected chi connectivity index (χ3v) is 3.54. The molecule has 3 heteroatoms. The van der Waals surface area contributed by atoms with Crippen LogP contribution in [0.3, 0.4) is 0 Å². The highest BCUT2D eigenvalue weighted by Crippen LogP contribution is 2.26. The van der Waals surface area contributed by atoms with Gasteiger partial charge in [-0.3, -0.25) is 0 Å². The zero-order valence-corrected chi connectivity index (χ0v) is 11.5. The van der Waals surface area contributed by atoms with E-state index in [1.54, 1.807) is 0 Å². The average molecular weight is 268 g/mol. The molecule has 1 saturated heterocycles. The molecule has 0 aliphatic carbocycles. The zero-order valence-electron chi connectivity index (χ0n) is 11.5. The van der Waals surface area contributed by atoms with Crippen molar-refractivity contribution in [2.45, 2.75) is 19.1 Å². The van der Waals surface area contributed by atoms with Crippen molar-refractivity contribution in [1.82, 2.24) is 5.32 Å². The monoisotopic (exact) mass is 268 g/mol. The number of hydrogen-bond donors (Lipinski definition) is 2. The molecule has 3 rings (SSSR count). The maximum Gasteiger partial charge on any atom is 0.142 e. The van der Waals surface area contributed by atoms with Crippen molar-refractivity contribution in [2.24, 2.45) is 0 Å². The Hall–Kier alpha value is -2.00. The van der Waals surface area contributed by atoms with Crippen LogP contribution in [0.15, 0.2) is 54.6 Å². The summed E-state index contributed by atoms with van der Waals surface area (Å²) in [6.07, 6.45) is 1.16. The van der Waals surface area contributed by atoms with Crippen LogP contribution in [0, 0.1) is 0 Å². The van der Waals surface area contributed by atoms with Crippen LogP contribution in [-0.4, -0.2) is 19.1 Å². The Morgan fingerprint density at radius 2 is 1.85 bits per heavy atom. The molecule has 0 aromatic heterocycles. The molecule has 1 atom stereocenters. The van der Waals surface area contributed by atoms with Crippen LogP contribution < -0.4 is 15.4 Å². The number of ether oxygens (including phenoxy) is 1. The molecule has 1 heterocycles. The van der Waals surface area contributed by atoms with Gasteiger partial charge in [0, 0.05) is 12.6 Å². The lowest BCUT2D eigenvalue weighted by Crippen LogP contribution is -2.22. The summed E-state index contributed by atoms with van der Waals surface area (Å²) in [5, 5.41) is 6.92. The molecule has 0 amide bonds. The quantitative estimate of drug-likeness (QED) is 0.874. The first kappa shape index (κ1) is 13.0. The minimum absolute atomic E-state index is 0.497. The van der Waals surface area contributed by atoms with E-state index < -0.39 is 0 Å². The van der Waals surface area contributed by atoms with Gasteiger partial charge < -0.3 is 15.4 Å². The van der Waals surface area contributed by atoms with Crippen LogP contribution >= 0.6 is 0 Å². The molecule has 0 spiro atoms. The third kappa shape index (κ3) is 3.31. The molecular weight excluding hydrogens is 248 g/mol. The summed E-state index contributed by atoms with van der Waals surface area (Å²) in [4.78, 5) is 0. The number of nitrogens with one attached hydrogen (secondary N) is 2. The van der Waals surface area contributed by atoms with Gasteiger partial charge in [-0.15, -0.1) is 0 Å². The van der Waals surface area contributed by atoms with Gasteiger partial charge in [-0.2, -0.15) is 0 Å². The molecule has 0 bridgehead atoms. The molecule has 1 fully saturated rings. The van der Waals surface area contributed by atoms with Gasteiger partial charge in [0.15, 0.2) is 0 Å². The molecule has 0 saturated carbocycles. The zero-order chi connectivity index (χ0) is 13.6. The van der Waals surface area contributed by atoms with Crippen LogP contribution in [0.2, 0.25) is 0 Å². The molecule has 2 aromatic rings. The van der Waals surface area contributed by atoms with Crippen molar-refractivity contribution < 1.29 is 4.74 Å². The molecule has 20 heavy (non-hydrogen) atoms. The normalized spacial score (nSPS) is 17.9. The first-order valence-electron chi connectivity index (χ1n) is 7.15. The fourth-order valence-corrected chi connectivity index (χ4v) is 2.44. The van der Waals surface area contributed by atoms with E-state index in [2.05, 4.69) is 28.8 Å². The standard InChI is InChI=1S/C17H20N2O/c1-2-6-14(7-3-1)13-20-17-9-5-4-8-16(17)19-15-10-11-18-12-15/h1-9,15,18-19H,10-13H2. The lowest BCUT2D eigenvalue weighted by atomic mass is 10.2. The second-order valence-electron chi connectivity index (χ2n) is 5.10. The highest BCUT2D eigenvalue weighted by molar-refractivity contribution is 5.57. The van der Waals surface area contributed by atoms with Gasteiger partial charge in [-0.25, -0.2) is 0 Å². The summed E-state index contributed by atoms with van der Waals surface area (Å²) in [5.41, 5.74) is 2.27. The molecule has 0 radical (unpaired) electrons. The first-order chi connectivity index (χ1) is 9.92. The second-order valence-corrected chi connectivity index (χ2v) is 5.10. The largest absolute Gasteiger partial charge is 0.487 e. The first-order valence-corrected chi connectivity index (χ1v) is 7.15. The van der Waals surface area contributed by atoms with Gasteiger partial charge >= 0.3 is 0 Å². The Kier molecular flexibility index (Phi) is 4.19. The van der Waals surface area contributed by atoms with Crippen molar-refractivity contribution in [3.05, 3.63) is 60.2 Å². The van der Waals surface area contributed by atoms with E-state index in [1.165, 1.54) is 5.56 Å². The summed E-state index contributed by atoms with van der Waals surface area (Å²) < 4.78 is 5.95. The van der Waals surface area contributed by atoms with Gasteiger partial charge in [0.2, 0.25) is 0 Å². The number of para-hydroxylation sites is 2. The van der Waals surface area contributed by atoms with Crippen molar-refractivity contribution in [3.63, 3.8) is 0 Å². The molecule has 1 unspecified atom stereocenters. The topological polar surface area (TPSA) is 33.3 Å². The van der Waals surface area contributed by atoms with E-state index in [0.29, 0.717) is 12.6 Å². The van der Waals surface area contributed by atoms with Crippen molar-refractivity contribution in [1.29, 1.82) is 0 Å². The molecule has 1 aliphatic heterocycles. The number of rotatable bonds is 5. The Balaban J connectivity index is 1.66. The van der Waals surface area contributed by atoms with Crippen molar-refractivity contribution in [3.8, 4) is 5.75 Å². The molecule has 2 N–H and O–H groups in total. The van der Waals surface area contributed by atoms with E-state index in [1.807, 2.05) is 36.4 Å². The number of anilines is 1. The maximum atomic E-state index is 5.95. The lowest BCUT2D eigenvalue weighted by Gasteiger charge is -2.17. The lowest BCUT2D eigenvalue weighted by molar-refractivity contribution is 0.307. The summed E-state index contributed by atoms with van der Waals surface area (Å²) in [7, 11) is 0. The second kappa shape index (κ2) is 6.44. The Morgan fingerprint density at radius 1 is 1.05 bits per heavy atom. The van der Waals surface area contributed by atoms with Crippen LogP contribution in [-0.2, 0) is 6.61 Å². The van der Waals surface area contributed by atoms with E-state index in [0.717, 1.165) is 30.9 Å². The van der Waals surface area contributed by atoms with E-state index in [4.69, 9.17) is 4.74 Å². The van der Waals surface area contributed by atoms with Gasteiger partial charge in [-0.1, -0.05) is 42.5 Å². The van der Waals surface area contributed by atoms with Crippen LogP contribution in [0.1, 0.15) is 12.0 Å². The van der Waals surface area contributed by atoms with E-state index in [-0.39, 0.29) is 0 Å².